The molecule has 0 spiro atoms. The minimum Gasteiger partial charge on any atom is -0.444 e. The Bertz CT molecular complexity index is 696. The summed E-state index contributed by atoms with van der Waals surface area (Å²) in [5, 5.41) is 9.35. The van der Waals surface area contributed by atoms with Crippen LogP contribution in [0.1, 0.15) is 30.1 Å². The molecule has 0 unspecified atom stereocenters. The van der Waals surface area contributed by atoms with Crippen molar-refractivity contribution < 1.29 is 9.53 Å². The van der Waals surface area contributed by atoms with Crippen LogP contribution in [0.25, 0.3) is 0 Å². The Balaban J connectivity index is 2.18. The Morgan fingerprint density at radius 3 is 2.90 bits per heavy atom. The summed E-state index contributed by atoms with van der Waals surface area (Å²) in [6.07, 6.45) is 1.91. The van der Waals surface area contributed by atoms with E-state index in [9.17, 15) is 10.1 Å². The van der Waals surface area contributed by atoms with Crippen LogP contribution in [0.15, 0.2) is 34.9 Å². The van der Waals surface area contributed by atoms with Gasteiger partial charge in [0.15, 0.2) is 5.78 Å². The maximum atomic E-state index is 12.2. The zero-order valence-electron chi connectivity index (χ0n) is 10.5. The van der Waals surface area contributed by atoms with Crippen LogP contribution in [-0.4, -0.2) is 5.78 Å². The van der Waals surface area contributed by atoms with Crippen molar-refractivity contribution in [1.29, 1.82) is 5.26 Å². The Hall–Kier alpha value is -1.77. The van der Waals surface area contributed by atoms with Crippen LogP contribution in [0.2, 0.25) is 4.34 Å². The molecule has 4 nitrogen and oxygen atoms in total. The van der Waals surface area contributed by atoms with E-state index in [1.807, 2.05) is 6.07 Å². The standard InChI is InChI=1S/C14H11ClN2O2S/c15-11-5-4-10(20-11)12-7(6-16)14(17)19-9-3-1-2-8(18)13(9)12/h4-5,12H,1-3,17H2/t12-/m1/s1. The van der Waals surface area contributed by atoms with E-state index >= 15 is 0 Å². The molecule has 102 valence electrons. The monoisotopic (exact) mass is 306 g/mol. The Kier molecular flexibility index (Phi) is 3.28. The summed E-state index contributed by atoms with van der Waals surface area (Å²) in [5.74, 6) is 0.290. The van der Waals surface area contributed by atoms with E-state index < -0.39 is 5.92 Å². The molecular formula is C14H11ClN2O2S. The highest BCUT2D eigenvalue weighted by Crippen LogP contribution is 2.45. The number of nitrogens with zero attached hydrogens (tertiary/aromatic N) is 1. The van der Waals surface area contributed by atoms with Crippen molar-refractivity contribution in [3.05, 3.63) is 44.1 Å². The van der Waals surface area contributed by atoms with Gasteiger partial charge in [-0.15, -0.1) is 11.3 Å². The fourth-order valence-electron chi connectivity index (χ4n) is 2.62. The van der Waals surface area contributed by atoms with Gasteiger partial charge < -0.3 is 10.5 Å². The first-order chi connectivity index (χ1) is 9.61. The number of hydrogen-bond donors (Lipinski definition) is 1. The molecule has 0 radical (unpaired) electrons. The van der Waals surface area contributed by atoms with E-state index in [4.69, 9.17) is 22.1 Å². The van der Waals surface area contributed by atoms with Crippen LogP contribution in [0, 0.1) is 11.3 Å². The molecule has 0 bridgehead atoms. The van der Waals surface area contributed by atoms with Gasteiger partial charge in [-0.2, -0.15) is 5.26 Å². The highest BCUT2D eigenvalue weighted by atomic mass is 35.5. The second-order valence-electron chi connectivity index (χ2n) is 4.68. The van der Waals surface area contributed by atoms with Crippen LogP contribution in [0.3, 0.4) is 0 Å². The van der Waals surface area contributed by atoms with Gasteiger partial charge in [0.05, 0.1) is 10.3 Å². The lowest BCUT2D eigenvalue weighted by Crippen LogP contribution is -2.26. The average molecular weight is 307 g/mol. The van der Waals surface area contributed by atoms with Crippen molar-refractivity contribution in [3.63, 3.8) is 0 Å². The molecule has 0 saturated carbocycles. The quantitative estimate of drug-likeness (QED) is 0.864. The van der Waals surface area contributed by atoms with Crippen molar-refractivity contribution in [3.8, 4) is 6.07 Å². The Morgan fingerprint density at radius 2 is 2.25 bits per heavy atom. The van der Waals surface area contributed by atoms with Crippen molar-refractivity contribution >= 4 is 28.7 Å². The molecule has 0 amide bonds. The van der Waals surface area contributed by atoms with Crippen LogP contribution in [-0.2, 0) is 9.53 Å². The van der Waals surface area contributed by atoms with Crippen LogP contribution >= 0.6 is 22.9 Å². The largest absolute Gasteiger partial charge is 0.444 e. The zero-order valence-corrected chi connectivity index (χ0v) is 12.1. The van der Waals surface area contributed by atoms with Gasteiger partial charge in [-0.1, -0.05) is 11.6 Å². The number of ketones is 1. The number of nitrogens with two attached hydrogens (primary N) is 1. The van der Waals surface area contributed by atoms with Crippen LogP contribution in [0.4, 0.5) is 0 Å². The number of ether oxygens (including phenoxy) is 1. The predicted octanol–water partition coefficient (Wildman–Crippen LogP) is 3.22. The van der Waals surface area contributed by atoms with Gasteiger partial charge in [-0.3, -0.25) is 4.79 Å². The van der Waals surface area contributed by atoms with Gasteiger partial charge in [0.25, 0.3) is 0 Å². The molecule has 1 aliphatic heterocycles. The van der Waals surface area contributed by atoms with Gasteiger partial charge in [0.1, 0.15) is 17.4 Å². The maximum Gasteiger partial charge on any atom is 0.205 e. The van der Waals surface area contributed by atoms with Gasteiger partial charge in [-0.05, 0) is 18.6 Å². The number of thiophene rings is 1. The molecule has 2 aliphatic rings. The lowest BCUT2D eigenvalue weighted by Gasteiger charge is -2.30. The topological polar surface area (TPSA) is 76.1 Å². The first-order valence-electron chi connectivity index (χ1n) is 6.21. The minimum absolute atomic E-state index is 0.0287. The minimum atomic E-state index is -0.436. The number of allylic oxidation sites excluding steroid dienone is 3. The molecule has 1 aliphatic carbocycles. The Morgan fingerprint density at radius 1 is 1.45 bits per heavy atom. The molecule has 20 heavy (non-hydrogen) atoms. The first-order valence-corrected chi connectivity index (χ1v) is 7.40. The zero-order chi connectivity index (χ0) is 14.3. The number of hydrogen-bond acceptors (Lipinski definition) is 5. The summed E-state index contributed by atoms with van der Waals surface area (Å²) >= 11 is 7.33. The summed E-state index contributed by atoms with van der Waals surface area (Å²) in [4.78, 5) is 13.1. The number of carbonyl (C=O) groups excluding carboxylic acids is 1. The lowest BCUT2D eigenvalue weighted by atomic mass is 9.80. The SMILES string of the molecule is N#CC1=C(N)OC2=C(C(=O)CCC2)[C@H]1c1ccc(Cl)s1. The molecule has 1 aromatic rings. The fraction of sp³-hybridized carbons (Fsp3) is 0.286. The van der Waals surface area contributed by atoms with Gasteiger partial charge in [-0.25, -0.2) is 0 Å². The molecule has 0 saturated heterocycles. The number of Topliss-reactive ketones (excluding diaryl/α,β-unsaturated/α-hetero) is 1. The highest BCUT2D eigenvalue weighted by molar-refractivity contribution is 7.16. The number of carbonyl (C=O) groups is 1. The summed E-state index contributed by atoms with van der Waals surface area (Å²) in [6, 6.07) is 5.67. The van der Waals surface area contributed by atoms with Crippen LogP contribution < -0.4 is 5.73 Å². The number of halogens is 1. The molecule has 2 N–H and O–H groups in total. The van der Waals surface area contributed by atoms with E-state index in [2.05, 4.69) is 6.07 Å². The highest BCUT2D eigenvalue weighted by Gasteiger charge is 2.38. The summed E-state index contributed by atoms with van der Waals surface area (Å²) in [7, 11) is 0. The van der Waals surface area contributed by atoms with Crippen molar-refractivity contribution in [2.45, 2.75) is 25.2 Å². The summed E-state index contributed by atoms with van der Waals surface area (Å²) < 4.78 is 6.11. The molecule has 0 fully saturated rings. The third-order valence-corrected chi connectivity index (χ3v) is 4.78. The molecule has 2 heterocycles. The maximum absolute atomic E-state index is 12.2. The molecular weight excluding hydrogens is 296 g/mol. The predicted molar refractivity (Wildman–Crippen MR) is 75.9 cm³/mol. The van der Waals surface area contributed by atoms with Gasteiger partial charge in [0.2, 0.25) is 5.88 Å². The summed E-state index contributed by atoms with van der Waals surface area (Å²) in [5.41, 5.74) is 6.70. The van der Waals surface area contributed by atoms with E-state index in [-0.39, 0.29) is 17.2 Å². The average Bonchev–Trinajstić information content (AvgIpc) is 2.84. The third-order valence-electron chi connectivity index (χ3n) is 3.48. The molecule has 0 aromatic carbocycles. The van der Waals surface area contributed by atoms with Crippen LogP contribution in [0.5, 0.6) is 0 Å². The van der Waals surface area contributed by atoms with Crippen molar-refractivity contribution in [2.24, 2.45) is 5.73 Å². The van der Waals surface area contributed by atoms with Gasteiger partial charge in [0, 0.05) is 23.3 Å². The summed E-state index contributed by atoms with van der Waals surface area (Å²) in [6.45, 7) is 0. The van der Waals surface area contributed by atoms with Gasteiger partial charge >= 0.3 is 0 Å². The van der Waals surface area contributed by atoms with E-state index in [1.165, 1.54) is 11.3 Å². The Labute approximate surface area is 125 Å². The molecule has 1 atom stereocenters. The number of nitriles is 1. The molecule has 1 aromatic heterocycles. The molecule has 3 rings (SSSR count). The smallest absolute Gasteiger partial charge is 0.205 e. The number of rotatable bonds is 1. The second-order valence-corrected chi connectivity index (χ2v) is 6.43. The van der Waals surface area contributed by atoms with E-state index in [1.54, 1.807) is 6.07 Å². The normalized spacial score (nSPS) is 22.4. The third kappa shape index (κ3) is 2.01. The first kappa shape index (κ1) is 13.2. The van der Waals surface area contributed by atoms with E-state index in [0.717, 1.165) is 11.3 Å². The molecule has 6 heteroatoms. The fourth-order valence-corrected chi connectivity index (χ4v) is 3.81. The van der Waals surface area contributed by atoms with Crippen molar-refractivity contribution in [1.82, 2.24) is 0 Å². The second kappa shape index (κ2) is 4.97. The lowest BCUT2D eigenvalue weighted by molar-refractivity contribution is -0.116. The van der Waals surface area contributed by atoms with E-state index in [0.29, 0.717) is 28.5 Å². The van der Waals surface area contributed by atoms with Crippen molar-refractivity contribution in [2.75, 3.05) is 0 Å².